The van der Waals surface area contributed by atoms with Gasteiger partial charge >= 0.3 is 0 Å². The van der Waals surface area contributed by atoms with Crippen molar-refractivity contribution in [1.29, 1.82) is 0 Å². The number of rotatable bonds is 5. The zero-order chi connectivity index (χ0) is 15.5. The van der Waals surface area contributed by atoms with E-state index in [-0.39, 0.29) is 11.2 Å². The molecule has 0 N–H and O–H groups in total. The predicted molar refractivity (Wildman–Crippen MR) is 83.5 cm³/mol. The summed E-state index contributed by atoms with van der Waals surface area (Å²) in [6, 6.07) is 5.67. The van der Waals surface area contributed by atoms with Crippen molar-refractivity contribution < 1.29 is 14.3 Å². The van der Waals surface area contributed by atoms with Crippen LogP contribution in [0.5, 0.6) is 11.5 Å². The number of hydrogen-bond donors (Lipinski definition) is 0. The van der Waals surface area contributed by atoms with E-state index in [1.807, 2.05) is 37.3 Å². The van der Waals surface area contributed by atoms with Gasteiger partial charge in [0.05, 0.1) is 13.7 Å². The second-order valence-corrected chi connectivity index (χ2v) is 5.67. The first kappa shape index (κ1) is 14.6. The van der Waals surface area contributed by atoms with Crippen molar-refractivity contribution in [2.24, 2.45) is 0 Å². The maximum Gasteiger partial charge on any atom is 0.251 e. The topological polar surface area (TPSA) is 66.2 Å². The van der Waals surface area contributed by atoms with Gasteiger partial charge in [-0.3, -0.25) is 4.79 Å². The minimum Gasteiger partial charge on any atom is -0.493 e. The van der Waals surface area contributed by atoms with E-state index in [2.05, 4.69) is 10.2 Å². The van der Waals surface area contributed by atoms with Gasteiger partial charge in [-0.2, -0.15) is 0 Å². The van der Waals surface area contributed by atoms with Crippen molar-refractivity contribution >= 4 is 23.7 Å². The molecule has 1 aromatic heterocycles. The van der Waals surface area contributed by atoms with Gasteiger partial charge in [0, 0.05) is 0 Å². The lowest BCUT2D eigenvalue weighted by atomic mass is 10.1. The smallest absolute Gasteiger partial charge is 0.251 e. The Bertz CT molecular complexity index is 727. The molecule has 1 aliphatic heterocycles. The molecule has 0 saturated heterocycles. The lowest BCUT2D eigenvalue weighted by Gasteiger charge is -2.09. The van der Waals surface area contributed by atoms with Gasteiger partial charge in [-0.15, -0.1) is 10.2 Å². The zero-order valence-corrected chi connectivity index (χ0v) is 13.0. The fourth-order valence-electron chi connectivity index (χ4n) is 2.14. The third-order valence-electron chi connectivity index (χ3n) is 3.18. The maximum atomic E-state index is 12.1. The van der Waals surface area contributed by atoms with Crippen LogP contribution in [0.15, 0.2) is 35.8 Å². The SMILES string of the molecule is CCOc1ccc(/C=C\C2Sc3nncn3C2=O)cc1OC. The highest BCUT2D eigenvalue weighted by molar-refractivity contribution is 8.01. The van der Waals surface area contributed by atoms with Gasteiger partial charge in [0.2, 0.25) is 0 Å². The monoisotopic (exact) mass is 317 g/mol. The summed E-state index contributed by atoms with van der Waals surface area (Å²) < 4.78 is 12.3. The van der Waals surface area contributed by atoms with Crippen LogP contribution in [0.2, 0.25) is 0 Å². The zero-order valence-electron chi connectivity index (χ0n) is 12.2. The minimum absolute atomic E-state index is 0.0286. The van der Waals surface area contributed by atoms with E-state index >= 15 is 0 Å². The van der Waals surface area contributed by atoms with Crippen LogP contribution in [0, 0.1) is 0 Å². The van der Waals surface area contributed by atoms with Crippen molar-refractivity contribution in [1.82, 2.24) is 14.8 Å². The molecule has 7 heteroatoms. The molecule has 1 atom stereocenters. The van der Waals surface area contributed by atoms with Gasteiger partial charge in [0.1, 0.15) is 11.6 Å². The van der Waals surface area contributed by atoms with E-state index in [1.165, 1.54) is 22.7 Å². The molecule has 114 valence electrons. The lowest BCUT2D eigenvalue weighted by Crippen LogP contribution is -2.14. The van der Waals surface area contributed by atoms with Crippen LogP contribution >= 0.6 is 11.8 Å². The molecule has 0 spiro atoms. The Kier molecular flexibility index (Phi) is 4.15. The number of carbonyl (C=O) groups excluding carboxylic acids is 1. The predicted octanol–water partition coefficient (Wildman–Crippen LogP) is 2.51. The van der Waals surface area contributed by atoms with Crippen molar-refractivity contribution in [2.45, 2.75) is 17.3 Å². The van der Waals surface area contributed by atoms with Crippen LogP contribution in [-0.4, -0.2) is 39.6 Å². The van der Waals surface area contributed by atoms with Gasteiger partial charge in [0.15, 0.2) is 16.7 Å². The van der Waals surface area contributed by atoms with E-state index in [0.29, 0.717) is 23.3 Å². The second-order valence-electron chi connectivity index (χ2n) is 4.56. The normalized spacial score (nSPS) is 17.0. The highest BCUT2D eigenvalue weighted by Gasteiger charge is 2.30. The number of fused-ring (bicyclic) bond motifs is 1. The standard InChI is InChI=1S/C15H15N3O3S/c1-3-21-11-6-4-10(8-12(11)20-2)5-7-13-14(19)18-9-16-17-15(18)22-13/h4-9,13H,3H2,1-2H3/b7-5-. The molecule has 0 radical (unpaired) electrons. The van der Waals surface area contributed by atoms with Gasteiger partial charge in [-0.05, 0) is 24.6 Å². The Morgan fingerprint density at radius 2 is 2.27 bits per heavy atom. The van der Waals surface area contributed by atoms with E-state index in [0.717, 1.165) is 5.56 Å². The molecule has 1 unspecified atom stereocenters. The highest BCUT2D eigenvalue weighted by Crippen LogP contribution is 2.32. The van der Waals surface area contributed by atoms with E-state index in [4.69, 9.17) is 9.47 Å². The number of methoxy groups -OCH3 is 1. The summed E-state index contributed by atoms with van der Waals surface area (Å²) in [4.78, 5) is 12.1. The summed E-state index contributed by atoms with van der Waals surface area (Å²) in [7, 11) is 1.60. The van der Waals surface area contributed by atoms with Crippen molar-refractivity contribution in [3.63, 3.8) is 0 Å². The van der Waals surface area contributed by atoms with Gasteiger partial charge in [0.25, 0.3) is 5.91 Å². The summed E-state index contributed by atoms with van der Waals surface area (Å²) in [5.74, 6) is 1.35. The molecule has 0 amide bonds. The number of hydrogen-bond acceptors (Lipinski definition) is 6. The summed E-state index contributed by atoms with van der Waals surface area (Å²) in [5, 5.41) is 7.96. The summed E-state index contributed by atoms with van der Waals surface area (Å²) in [6.45, 7) is 2.51. The molecule has 1 aliphatic rings. The molecule has 6 nitrogen and oxygen atoms in total. The van der Waals surface area contributed by atoms with Gasteiger partial charge < -0.3 is 9.47 Å². The molecule has 0 saturated carbocycles. The largest absolute Gasteiger partial charge is 0.493 e. The number of carbonyl (C=O) groups is 1. The van der Waals surface area contributed by atoms with Crippen LogP contribution in [0.4, 0.5) is 0 Å². The van der Waals surface area contributed by atoms with Crippen molar-refractivity contribution in [3.8, 4) is 11.5 Å². The molecule has 0 bridgehead atoms. The average Bonchev–Trinajstić information content (AvgIpc) is 3.10. The number of benzene rings is 1. The van der Waals surface area contributed by atoms with Gasteiger partial charge in [-0.25, -0.2) is 4.57 Å². The van der Waals surface area contributed by atoms with Crippen molar-refractivity contribution in [3.05, 3.63) is 36.2 Å². The average molecular weight is 317 g/mol. The number of thioether (sulfide) groups is 1. The quantitative estimate of drug-likeness (QED) is 0.844. The Labute approximate surface area is 132 Å². The van der Waals surface area contributed by atoms with E-state index < -0.39 is 0 Å². The molecule has 2 aromatic rings. The van der Waals surface area contributed by atoms with Gasteiger partial charge in [-0.1, -0.05) is 30.0 Å². The Balaban J connectivity index is 1.76. The summed E-state index contributed by atoms with van der Waals surface area (Å²) in [6.07, 6.45) is 5.20. The molecule has 2 heterocycles. The lowest BCUT2D eigenvalue weighted by molar-refractivity contribution is 0.0921. The first-order valence-corrected chi connectivity index (χ1v) is 7.71. The molecular weight excluding hydrogens is 302 g/mol. The minimum atomic E-state index is -0.275. The number of nitrogens with zero attached hydrogens (tertiary/aromatic N) is 3. The fourth-order valence-corrected chi connectivity index (χ4v) is 3.08. The summed E-state index contributed by atoms with van der Waals surface area (Å²) >= 11 is 1.39. The number of ether oxygens (including phenoxy) is 2. The fraction of sp³-hybridized carbons (Fsp3) is 0.267. The van der Waals surface area contributed by atoms with Crippen LogP contribution < -0.4 is 9.47 Å². The third kappa shape index (κ3) is 2.71. The third-order valence-corrected chi connectivity index (χ3v) is 4.28. The molecule has 0 fully saturated rings. The maximum absolute atomic E-state index is 12.1. The van der Waals surface area contributed by atoms with E-state index in [1.54, 1.807) is 7.11 Å². The van der Waals surface area contributed by atoms with Crippen LogP contribution in [0.1, 0.15) is 17.3 Å². The summed E-state index contributed by atoms with van der Waals surface area (Å²) in [5.41, 5.74) is 0.941. The Morgan fingerprint density at radius 3 is 3.00 bits per heavy atom. The molecule has 3 rings (SSSR count). The van der Waals surface area contributed by atoms with E-state index in [9.17, 15) is 4.79 Å². The first-order chi connectivity index (χ1) is 10.7. The Morgan fingerprint density at radius 1 is 1.41 bits per heavy atom. The molecule has 22 heavy (non-hydrogen) atoms. The molecule has 0 aliphatic carbocycles. The molecule has 1 aromatic carbocycles. The second kappa shape index (κ2) is 6.23. The van der Waals surface area contributed by atoms with Crippen LogP contribution in [0.25, 0.3) is 6.08 Å². The van der Waals surface area contributed by atoms with Crippen molar-refractivity contribution in [2.75, 3.05) is 13.7 Å². The highest BCUT2D eigenvalue weighted by atomic mass is 32.2. The van der Waals surface area contributed by atoms with Crippen LogP contribution in [-0.2, 0) is 0 Å². The Hall–Kier alpha value is -2.28. The van der Waals surface area contributed by atoms with Crippen LogP contribution in [0.3, 0.4) is 0 Å². The first-order valence-electron chi connectivity index (χ1n) is 6.83. The number of aromatic nitrogens is 3. The molecular formula is C15H15N3O3S.